The number of amides is 2. The van der Waals surface area contributed by atoms with Gasteiger partial charge in [-0.3, -0.25) is 9.59 Å². The molecule has 0 bridgehead atoms. The molecule has 4 nitrogen and oxygen atoms in total. The molecular weight excluding hydrogens is 428 g/mol. The quantitative estimate of drug-likeness (QED) is 0.608. The van der Waals surface area contributed by atoms with Crippen molar-refractivity contribution in [2.24, 2.45) is 0 Å². The Morgan fingerprint density at radius 2 is 0.800 bits per heavy atom. The Labute approximate surface area is 163 Å². The molecule has 162 valence electrons. The third-order valence-electron chi connectivity index (χ3n) is 3.82. The van der Waals surface area contributed by atoms with Gasteiger partial charge in [0.2, 0.25) is 0 Å². The van der Waals surface area contributed by atoms with Crippen LogP contribution in [0.2, 0.25) is 0 Å². The van der Waals surface area contributed by atoms with Crippen LogP contribution in [0.5, 0.6) is 0 Å². The largest absolute Gasteiger partial charge is 0.393 e. The van der Waals surface area contributed by atoms with Gasteiger partial charge in [-0.05, 0) is 24.3 Å². The van der Waals surface area contributed by atoms with Gasteiger partial charge in [-0.25, -0.2) is 0 Å². The molecule has 2 amide bonds. The highest BCUT2D eigenvalue weighted by Crippen LogP contribution is 2.53. The fraction of sp³-hybridized carbons (Fsp3) is 0.222. The number of hydrogen-bond acceptors (Lipinski definition) is 2. The molecule has 0 saturated carbocycles. The number of para-hydroxylation sites is 2. The highest BCUT2D eigenvalue weighted by atomic mass is 19.4. The fourth-order valence-electron chi connectivity index (χ4n) is 2.14. The number of benzene rings is 2. The van der Waals surface area contributed by atoms with E-state index in [4.69, 9.17) is 0 Å². The molecule has 0 atom stereocenters. The first-order chi connectivity index (χ1) is 13.7. The van der Waals surface area contributed by atoms with Crippen molar-refractivity contribution in [3.8, 4) is 0 Å². The van der Waals surface area contributed by atoms with Gasteiger partial charge in [-0.1, -0.05) is 36.4 Å². The highest BCUT2D eigenvalue weighted by Gasteiger charge is 2.84. The molecule has 2 rings (SSSR count). The van der Waals surface area contributed by atoms with Gasteiger partial charge in [0.15, 0.2) is 0 Å². The molecule has 12 heteroatoms. The van der Waals surface area contributed by atoms with E-state index in [2.05, 4.69) is 0 Å². The summed E-state index contributed by atoms with van der Waals surface area (Å²) in [5.41, 5.74) is -0.954. The number of carbonyl (C=O) groups is 2. The van der Waals surface area contributed by atoms with Gasteiger partial charge in [0.1, 0.15) is 0 Å². The van der Waals surface area contributed by atoms with Crippen LogP contribution in [0, 0.1) is 0 Å². The van der Waals surface area contributed by atoms with E-state index in [0.29, 0.717) is 0 Å². The lowest BCUT2D eigenvalue weighted by molar-refractivity contribution is -0.345. The predicted octanol–water partition coefficient (Wildman–Crippen LogP) is 4.81. The Morgan fingerprint density at radius 1 is 0.533 bits per heavy atom. The zero-order chi connectivity index (χ0) is 22.8. The monoisotopic (exact) mass is 440 g/mol. The Hall–Kier alpha value is -3.18. The Morgan fingerprint density at radius 3 is 1.07 bits per heavy atom. The molecule has 0 aliphatic carbocycles. The van der Waals surface area contributed by atoms with E-state index >= 15 is 0 Å². The summed E-state index contributed by atoms with van der Waals surface area (Å²) in [4.78, 5) is 23.0. The maximum atomic E-state index is 13.9. The molecule has 0 heterocycles. The van der Waals surface area contributed by atoms with Crippen molar-refractivity contribution in [2.45, 2.75) is 23.7 Å². The summed E-state index contributed by atoms with van der Waals surface area (Å²) in [6, 6.07) is 11.4. The molecule has 0 aromatic heterocycles. The van der Waals surface area contributed by atoms with Crippen LogP contribution >= 0.6 is 0 Å². The van der Waals surface area contributed by atoms with E-state index < -0.39 is 46.9 Å². The van der Waals surface area contributed by atoms with Gasteiger partial charge in [0, 0.05) is 11.4 Å². The summed E-state index contributed by atoms with van der Waals surface area (Å²) >= 11 is 0. The van der Waals surface area contributed by atoms with Crippen molar-refractivity contribution in [1.82, 2.24) is 0 Å². The Bertz CT molecular complexity index is 829. The number of halogens is 8. The smallest absolute Gasteiger partial charge is 0.321 e. The van der Waals surface area contributed by atoms with Gasteiger partial charge in [0.05, 0.1) is 0 Å². The van der Waals surface area contributed by atoms with Crippen molar-refractivity contribution in [3.63, 3.8) is 0 Å². The van der Waals surface area contributed by atoms with Gasteiger partial charge in [0.25, 0.3) is 0 Å². The summed E-state index contributed by atoms with van der Waals surface area (Å²) < 4.78 is 111. The molecule has 2 N–H and O–H groups in total. The molecule has 0 radical (unpaired) electrons. The summed E-state index contributed by atoms with van der Waals surface area (Å²) in [5.74, 6) is -32.4. The second-order valence-corrected chi connectivity index (χ2v) is 5.94. The van der Waals surface area contributed by atoms with Gasteiger partial charge in [-0.15, -0.1) is 0 Å². The van der Waals surface area contributed by atoms with E-state index in [0.717, 1.165) is 24.3 Å². The Balaban J connectivity index is 2.31. The molecule has 0 spiro atoms. The van der Waals surface area contributed by atoms with E-state index in [9.17, 15) is 44.7 Å². The average Bonchev–Trinajstić information content (AvgIpc) is 2.69. The molecule has 0 aliphatic rings. The summed E-state index contributed by atoms with van der Waals surface area (Å²) in [5, 5.41) is 2.47. The van der Waals surface area contributed by atoms with Crippen LogP contribution < -0.4 is 10.6 Å². The van der Waals surface area contributed by atoms with Crippen molar-refractivity contribution in [3.05, 3.63) is 60.7 Å². The summed E-state index contributed by atoms with van der Waals surface area (Å²) in [7, 11) is 0. The van der Waals surface area contributed by atoms with E-state index in [-0.39, 0.29) is 0 Å². The number of alkyl halides is 8. The zero-order valence-corrected chi connectivity index (χ0v) is 14.6. The van der Waals surface area contributed by atoms with E-state index in [1.165, 1.54) is 47.0 Å². The SMILES string of the molecule is O=C(Nc1ccccc1)C(F)(F)C(F)(F)C(F)(F)C(F)(F)C(=O)Nc1ccccc1. The van der Waals surface area contributed by atoms with Crippen LogP contribution in [0.1, 0.15) is 0 Å². The third kappa shape index (κ3) is 3.94. The standard InChI is InChI=1S/C18H12F8N2O2/c19-15(20,13(29)27-11-7-3-1-4-8-11)17(23,24)18(25,26)16(21,22)14(30)28-12-9-5-2-6-10-12/h1-10H,(H,27,29)(H,28,30). The number of anilines is 2. The van der Waals surface area contributed by atoms with E-state index in [1.807, 2.05) is 0 Å². The lowest BCUT2D eigenvalue weighted by atomic mass is 9.97. The number of hydrogen-bond donors (Lipinski definition) is 2. The number of carbonyl (C=O) groups excluding carboxylic acids is 2. The lowest BCUT2D eigenvalue weighted by Gasteiger charge is -2.35. The molecule has 30 heavy (non-hydrogen) atoms. The lowest BCUT2D eigenvalue weighted by Crippen LogP contribution is -2.67. The maximum Gasteiger partial charge on any atom is 0.393 e. The molecule has 2 aromatic rings. The van der Waals surface area contributed by atoms with Gasteiger partial charge >= 0.3 is 35.5 Å². The van der Waals surface area contributed by atoms with Gasteiger partial charge in [-0.2, -0.15) is 35.1 Å². The first-order valence-corrected chi connectivity index (χ1v) is 7.99. The second kappa shape index (κ2) is 7.92. The highest BCUT2D eigenvalue weighted by molar-refractivity contribution is 5.99. The minimum atomic E-state index is -6.93. The predicted molar refractivity (Wildman–Crippen MR) is 89.9 cm³/mol. The summed E-state index contributed by atoms with van der Waals surface area (Å²) in [6.45, 7) is 0. The zero-order valence-electron chi connectivity index (χ0n) is 14.6. The Kier molecular flexibility index (Phi) is 6.10. The van der Waals surface area contributed by atoms with Crippen molar-refractivity contribution < 1.29 is 44.7 Å². The van der Waals surface area contributed by atoms with Crippen molar-refractivity contribution >= 4 is 23.2 Å². The van der Waals surface area contributed by atoms with Crippen LogP contribution in [0.3, 0.4) is 0 Å². The fourth-order valence-corrected chi connectivity index (χ4v) is 2.14. The molecule has 0 fully saturated rings. The first-order valence-electron chi connectivity index (χ1n) is 7.99. The van der Waals surface area contributed by atoms with Crippen molar-refractivity contribution in [1.29, 1.82) is 0 Å². The van der Waals surface area contributed by atoms with Gasteiger partial charge < -0.3 is 10.6 Å². The van der Waals surface area contributed by atoms with Crippen LogP contribution in [-0.2, 0) is 9.59 Å². The number of rotatable bonds is 7. The molecule has 0 unspecified atom stereocenters. The van der Waals surface area contributed by atoms with Crippen LogP contribution in [0.25, 0.3) is 0 Å². The average molecular weight is 440 g/mol. The van der Waals surface area contributed by atoms with E-state index in [1.54, 1.807) is 0 Å². The minimum absolute atomic E-state index is 0.477. The first kappa shape index (κ1) is 23.1. The molecular formula is C18H12F8N2O2. The maximum absolute atomic E-state index is 13.9. The summed E-state index contributed by atoms with van der Waals surface area (Å²) in [6.07, 6.45) is 0. The topological polar surface area (TPSA) is 58.2 Å². The van der Waals surface area contributed by atoms with Crippen LogP contribution in [-0.4, -0.2) is 35.5 Å². The van der Waals surface area contributed by atoms with Crippen LogP contribution in [0.15, 0.2) is 60.7 Å². The third-order valence-corrected chi connectivity index (χ3v) is 3.82. The molecule has 2 aromatic carbocycles. The number of nitrogens with one attached hydrogen (secondary N) is 2. The normalized spacial score (nSPS) is 12.9. The van der Waals surface area contributed by atoms with Crippen molar-refractivity contribution in [2.75, 3.05) is 10.6 Å². The molecule has 0 aliphatic heterocycles. The second-order valence-electron chi connectivity index (χ2n) is 5.94. The minimum Gasteiger partial charge on any atom is -0.321 e. The van der Waals surface area contributed by atoms with Crippen LogP contribution in [0.4, 0.5) is 46.5 Å². The molecule has 0 saturated heterocycles.